The first kappa shape index (κ1) is 29.0. The fourth-order valence-corrected chi connectivity index (χ4v) is 3.66. The third kappa shape index (κ3) is 17.1. The number of unbranched alkanes of at least 4 members (excludes halogenated alkanes) is 8. The summed E-state index contributed by atoms with van der Waals surface area (Å²) in [6.07, 6.45) is 10.8. The van der Waals surface area contributed by atoms with Gasteiger partial charge in [-0.1, -0.05) is 76.5 Å². The molecule has 0 N–H and O–H groups in total. The Morgan fingerprint density at radius 2 is 1.42 bits per heavy atom. The maximum atomic E-state index is 12.3. The minimum atomic E-state index is -0.487. The number of carbonyl (C=O) groups excluding carboxylic acids is 2. The van der Waals surface area contributed by atoms with E-state index in [-0.39, 0.29) is 31.6 Å². The van der Waals surface area contributed by atoms with Gasteiger partial charge in [-0.25, -0.2) is 0 Å². The molecule has 0 aromatic heterocycles. The highest BCUT2D eigenvalue weighted by Crippen LogP contribution is 2.13. The van der Waals surface area contributed by atoms with E-state index in [9.17, 15) is 9.59 Å². The first-order chi connectivity index (χ1) is 15.8. The number of hydrogen-bond donors (Lipinski definition) is 0. The molecule has 1 aromatic rings. The summed E-state index contributed by atoms with van der Waals surface area (Å²) in [5.74, 6) is 0.138. The van der Waals surface area contributed by atoms with Crippen LogP contribution in [0.5, 0.6) is 5.75 Å². The highest BCUT2D eigenvalue weighted by Gasteiger charge is 2.25. The van der Waals surface area contributed by atoms with Crippen molar-refractivity contribution in [3.05, 3.63) is 30.3 Å². The Bertz CT molecular complexity index is 642. The zero-order valence-electron chi connectivity index (χ0n) is 21.4. The van der Waals surface area contributed by atoms with Gasteiger partial charge in [0.2, 0.25) is 0 Å². The Kier molecular flexibility index (Phi) is 15.3. The molecule has 0 amide bonds. The number of quaternary nitrogens is 1. The summed E-state index contributed by atoms with van der Waals surface area (Å²) in [6, 6.07) is 9.40. The maximum Gasteiger partial charge on any atom is 0.309 e. The van der Waals surface area contributed by atoms with E-state index in [0.29, 0.717) is 17.4 Å². The summed E-state index contributed by atoms with van der Waals surface area (Å²) in [4.78, 5) is 24.6. The van der Waals surface area contributed by atoms with Gasteiger partial charge in [0, 0.05) is 6.42 Å². The molecule has 0 fully saturated rings. The van der Waals surface area contributed by atoms with Crippen LogP contribution in [0.15, 0.2) is 30.3 Å². The molecule has 6 heteroatoms. The largest absolute Gasteiger partial charge is 0.490 e. The molecule has 0 unspecified atom stereocenters. The average Bonchev–Trinajstić information content (AvgIpc) is 2.75. The zero-order valence-corrected chi connectivity index (χ0v) is 21.4. The Morgan fingerprint density at radius 3 is 2.03 bits per heavy atom. The van der Waals surface area contributed by atoms with Crippen LogP contribution in [0, 0.1) is 0 Å². The second-order valence-electron chi connectivity index (χ2n) is 9.75. The Balaban J connectivity index is 2.26. The molecule has 0 radical (unpaired) electrons. The van der Waals surface area contributed by atoms with Gasteiger partial charge >= 0.3 is 11.9 Å². The van der Waals surface area contributed by atoms with Gasteiger partial charge in [0.05, 0.1) is 27.6 Å². The molecule has 33 heavy (non-hydrogen) atoms. The van der Waals surface area contributed by atoms with Crippen molar-refractivity contribution in [3.63, 3.8) is 0 Å². The molecule has 188 valence electrons. The fourth-order valence-electron chi connectivity index (χ4n) is 3.66. The molecular formula is C27H46NO5+. The number of likely N-dealkylation sites (N-methyl/N-ethyl adjacent to an activating group) is 1. The molecule has 0 saturated heterocycles. The van der Waals surface area contributed by atoms with Gasteiger partial charge in [0.15, 0.2) is 6.10 Å². The third-order valence-electron chi connectivity index (χ3n) is 5.29. The molecule has 0 aliphatic heterocycles. The lowest BCUT2D eigenvalue weighted by molar-refractivity contribution is -0.873. The van der Waals surface area contributed by atoms with Crippen LogP contribution in [0.25, 0.3) is 0 Å². The first-order valence-electron chi connectivity index (χ1n) is 12.6. The zero-order chi connectivity index (χ0) is 24.4. The summed E-state index contributed by atoms with van der Waals surface area (Å²) >= 11 is 0. The van der Waals surface area contributed by atoms with Crippen molar-refractivity contribution in [1.82, 2.24) is 0 Å². The van der Waals surface area contributed by atoms with E-state index in [1.54, 1.807) is 0 Å². The highest BCUT2D eigenvalue weighted by molar-refractivity contribution is 5.72. The third-order valence-corrected chi connectivity index (χ3v) is 5.29. The molecule has 0 bridgehead atoms. The molecule has 6 nitrogen and oxygen atoms in total. The molecule has 1 rings (SSSR count). The normalized spacial score (nSPS) is 12.2. The van der Waals surface area contributed by atoms with E-state index in [1.165, 1.54) is 44.9 Å². The fraction of sp³-hybridized carbons (Fsp3) is 0.704. The van der Waals surface area contributed by atoms with Crippen LogP contribution in [0.3, 0.4) is 0 Å². The lowest BCUT2D eigenvalue weighted by atomic mass is 10.1. The summed E-state index contributed by atoms with van der Waals surface area (Å²) in [7, 11) is 6.04. The van der Waals surface area contributed by atoms with Crippen LogP contribution in [-0.4, -0.2) is 63.4 Å². The number of para-hydroxylation sites is 1. The van der Waals surface area contributed by atoms with Gasteiger partial charge in [-0.15, -0.1) is 0 Å². The molecule has 0 heterocycles. The number of esters is 2. The van der Waals surface area contributed by atoms with Gasteiger partial charge in [0.25, 0.3) is 0 Å². The van der Waals surface area contributed by atoms with Gasteiger partial charge < -0.3 is 18.7 Å². The van der Waals surface area contributed by atoms with Crippen LogP contribution >= 0.6 is 0 Å². The predicted molar refractivity (Wildman–Crippen MR) is 132 cm³/mol. The van der Waals surface area contributed by atoms with E-state index >= 15 is 0 Å². The topological polar surface area (TPSA) is 61.8 Å². The van der Waals surface area contributed by atoms with Crippen molar-refractivity contribution in [3.8, 4) is 5.75 Å². The van der Waals surface area contributed by atoms with Gasteiger partial charge in [-0.2, -0.15) is 0 Å². The number of hydrogen-bond acceptors (Lipinski definition) is 5. The van der Waals surface area contributed by atoms with E-state index in [2.05, 4.69) is 6.92 Å². The standard InChI is InChI=1S/C27H46NO5/c1-5-6-7-8-9-10-11-12-16-19-26(29)33-25(23-28(2,3)4)22-27(30)32-21-20-31-24-17-14-13-15-18-24/h13-15,17-18,25H,5-12,16,19-23H2,1-4H3/q+1/t25-/m1/s1. The smallest absolute Gasteiger partial charge is 0.309 e. The van der Waals surface area contributed by atoms with E-state index in [1.807, 2.05) is 51.5 Å². The molecule has 0 aliphatic carbocycles. The second-order valence-corrected chi connectivity index (χ2v) is 9.75. The molecule has 1 aromatic carbocycles. The average molecular weight is 465 g/mol. The van der Waals surface area contributed by atoms with Crippen molar-refractivity contribution < 1.29 is 28.3 Å². The predicted octanol–water partition coefficient (Wildman–Crippen LogP) is 5.54. The van der Waals surface area contributed by atoms with E-state index < -0.39 is 6.10 Å². The van der Waals surface area contributed by atoms with Crippen molar-refractivity contribution in [2.75, 3.05) is 40.9 Å². The van der Waals surface area contributed by atoms with E-state index in [4.69, 9.17) is 14.2 Å². The Morgan fingerprint density at radius 1 is 0.818 bits per heavy atom. The van der Waals surface area contributed by atoms with Crippen LogP contribution in [0.2, 0.25) is 0 Å². The van der Waals surface area contributed by atoms with Crippen molar-refractivity contribution in [2.24, 2.45) is 0 Å². The van der Waals surface area contributed by atoms with Crippen LogP contribution in [0.1, 0.15) is 77.6 Å². The maximum absolute atomic E-state index is 12.3. The lowest BCUT2D eigenvalue weighted by Crippen LogP contribution is -2.44. The summed E-state index contributed by atoms with van der Waals surface area (Å²) < 4.78 is 17.1. The molecule has 0 spiro atoms. The number of nitrogens with zero attached hydrogens (tertiary/aromatic N) is 1. The monoisotopic (exact) mass is 464 g/mol. The highest BCUT2D eigenvalue weighted by atomic mass is 16.6. The SMILES string of the molecule is CCCCCCCCCCCC(=O)O[C@H](CC(=O)OCCOc1ccccc1)C[N+](C)(C)C. The van der Waals surface area contributed by atoms with Crippen LogP contribution < -0.4 is 4.74 Å². The summed E-state index contributed by atoms with van der Waals surface area (Å²) in [5, 5.41) is 0. The Labute approximate surface area is 201 Å². The minimum absolute atomic E-state index is 0.0599. The summed E-state index contributed by atoms with van der Waals surface area (Å²) in [6.45, 7) is 3.24. The van der Waals surface area contributed by atoms with Crippen LogP contribution in [0.4, 0.5) is 0 Å². The lowest BCUT2D eigenvalue weighted by Gasteiger charge is -2.28. The first-order valence-corrected chi connectivity index (χ1v) is 12.6. The molecular weight excluding hydrogens is 418 g/mol. The van der Waals surface area contributed by atoms with Crippen molar-refractivity contribution in [1.29, 1.82) is 0 Å². The molecule has 0 saturated carbocycles. The Hall–Kier alpha value is -2.08. The molecule has 0 aliphatic rings. The second kappa shape index (κ2) is 17.4. The van der Waals surface area contributed by atoms with Crippen molar-refractivity contribution >= 4 is 11.9 Å². The van der Waals surface area contributed by atoms with E-state index in [0.717, 1.165) is 18.6 Å². The van der Waals surface area contributed by atoms with Crippen LogP contribution in [-0.2, 0) is 19.1 Å². The van der Waals surface area contributed by atoms with Gasteiger partial charge in [-0.3, -0.25) is 9.59 Å². The number of rotatable bonds is 19. The minimum Gasteiger partial charge on any atom is -0.490 e. The van der Waals surface area contributed by atoms with Gasteiger partial charge in [0.1, 0.15) is 25.5 Å². The molecule has 1 atom stereocenters. The number of ether oxygens (including phenoxy) is 3. The van der Waals surface area contributed by atoms with Crippen molar-refractivity contribution in [2.45, 2.75) is 83.7 Å². The number of carbonyl (C=O) groups is 2. The van der Waals surface area contributed by atoms with Gasteiger partial charge in [-0.05, 0) is 18.6 Å². The summed E-state index contributed by atoms with van der Waals surface area (Å²) in [5.41, 5.74) is 0. The number of benzene rings is 1. The quantitative estimate of drug-likeness (QED) is 0.153.